The van der Waals surface area contributed by atoms with E-state index in [1.807, 2.05) is 0 Å². The smallest absolute Gasteiger partial charge is 0.0348 e. The normalized spacial score (nSPS) is 26.3. The molecule has 2 rings (SSSR count). The maximum Gasteiger partial charge on any atom is 0.0348 e. The molecule has 1 heterocycles. The average Bonchev–Trinajstić information content (AvgIpc) is 2.43. The Hall–Kier alpha value is -0.860. The quantitative estimate of drug-likeness (QED) is 0.897. The molecule has 1 aliphatic heterocycles. The van der Waals surface area contributed by atoms with Gasteiger partial charge in [-0.15, -0.1) is 0 Å². The minimum Gasteiger partial charge on any atom is -0.330 e. The minimum absolute atomic E-state index is 0.546. The van der Waals surface area contributed by atoms with Gasteiger partial charge in [-0.2, -0.15) is 0 Å². The van der Waals surface area contributed by atoms with Gasteiger partial charge >= 0.3 is 0 Å². The first-order chi connectivity index (χ1) is 9.15. The van der Waals surface area contributed by atoms with Gasteiger partial charge in [0.05, 0.1) is 0 Å². The van der Waals surface area contributed by atoms with Crippen LogP contribution in [-0.4, -0.2) is 24.0 Å². The number of aryl methyl sites for hydroxylation is 1. The predicted octanol–water partition coefficient (Wildman–Crippen LogP) is 3.51. The molecule has 19 heavy (non-hydrogen) atoms. The molecule has 0 bridgehead atoms. The number of hydrogen-bond acceptors (Lipinski definition) is 2. The lowest BCUT2D eigenvalue weighted by Crippen LogP contribution is -2.45. The van der Waals surface area contributed by atoms with Crippen LogP contribution in [0, 0.1) is 12.8 Å². The van der Waals surface area contributed by atoms with Gasteiger partial charge in [0.15, 0.2) is 0 Å². The van der Waals surface area contributed by atoms with Crippen molar-refractivity contribution >= 4 is 0 Å². The summed E-state index contributed by atoms with van der Waals surface area (Å²) in [5.41, 5.74) is 8.68. The van der Waals surface area contributed by atoms with Gasteiger partial charge in [0.2, 0.25) is 0 Å². The number of likely N-dealkylation sites (tertiary alicyclic amines) is 1. The van der Waals surface area contributed by atoms with Crippen molar-refractivity contribution in [1.82, 2.24) is 4.90 Å². The van der Waals surface area contributed by atoms with Crippen LogP contribution in [0.15, 0.2) is 24.3 Å². The van der Waals surface area contributed by atoms with Crippen molar-refractivity contribution in [2.24, 2.45) is 11.7 Å². The van der Waals surface area contributed by atoms with E-state index in [4.69, 9.17) is 5.73 Å². The average molecular weight is 260 g/mol. The number of rotatable bonds is 4. The van der Waals surface area contributed by atoms with E-state index in [0.717, 1.165) is 13.1 Å². The molecule has 1 aromatic rings. The highest BCUT2D eigenvalue weighted by Gasteiger charge is 2.29. The van der Waals surface area contributed by atoms with Crippen molar-refractivity contribution < 1.29 is 0 Å². The molecular formula is C17H28N2. The SMILES string of the molecule is CCC(c1ccc(C)cc1)N1CC(CN)CCC1C. The van der Waals surface area contributed by atoms with Crippen LogP contribution < -0.4 is 5.73 Å². The molecule has 2 heteroatoms. The van der Waals surface area contributed by atoms with Gasteiger partial charge in [-0.3, -0.25) is 4.90 Å². The monoisotopic (exact) mass is 260 g/mol. The van der Waals surface area contributed by atoms with Gasteiger partial charge in [-0.25, -0.2) is 0 Å². The van der Waals surface area contributed by atoms with Crippen LogP contribution in [0.2, 0.25) is 0 Å². The highest BCUT2D eigenvalue weighted by atomic mass is 15.2. The molecule has 3 unspecified atom stereocenters. The molecule has 3 atom stereocenters. The first-order valence-electron chi connectivity index (χ1n) is 7.68. The number of piperidine rings is 1. The molecule has 2 N–H and O–H groups in total. The third kappa shape index (κ3) is 3.37. The van der Waals surface area contributed by atoms with Gasteiger partial charge in [-0.1, -0.05) is 36.8 Å². The van der Waals surface area contributed by atoms with E-state index in [2.05, 4.69) is 49.9 Å². The summed E-state index contributed by atoms with van der Waals surface area (Å²) >= 11 is 0. The highest BCUT2D eigenvalue weighted by Crippen LogP contribution is 2.32. The van der Waals surface area contributed by atoms with E-state index in [1.165, 1.54) is 30.4 Å². The zero-order chi connectivity index (χ0) is 13.8. The molecule has 1 saturated heterocycles. The van der Waals surface area contributed by atoms with Crippen LogP contribution in [0.4, 0.5) is 0 Å². The number of hydrogen-bond donors (Lipinski definition) is 1. The van der Waals surface area contributed by atoms with E-state index < -0.39 is 0 Å². The molecule has 0 amide bonds. The van der Waals surface area contributed by atoms with E-state index in [0.29, 0.717) is 18.0 Å². The largest absolute Gasteiger partial charge is 0.330 e. The fourth-order valence-electron chi connectivity index (χ4n) is 3.29. The first kappa shape index (κ1) is 14.5. The lowest BCUT2D eigenvalue weighted by atomic mass is 9.89. The summed E-state index contributed by atoms with van der Waals surface area (Å²) in [7, 11) is 0. The lowest BCUT2D eigenvalue weighted by Gasteiger charge is -2.42. The zero-order valence-corrected chi connectivity index (χ0v) is 12.6. The number of benzene rings is 1. The maximum absolute atomic E-state index is 5.88. The molecule has 0 saturated carbocycles. The standard InChI is InChI=1S/C17H28N2/c1-4-17(16-9-5-13(2)6-10-16)19-12-15(11-18)8-7-14(19)3/h5-6,9-10,14-15,17H,4,7-8,11-12,18H2,1-3H3. The summed E-state index contributed by atoms with van der Waals surface area (Å²) in [4.78, 5) is 2.67. The molecule has 0 spiro atoms. The molecule has 1 aromatic carbocycles. The second kappa shape index (κ2) is 6.53. The minimum atomic E-state index is 0.546. The Labute approximate surface area is 118 Å². The predicted molar refractivity (Wildman–Crippen MR) is 82.2 cm³/mol. The Bertz CT molecular complexity index is 385. The third-order valence-corrected chi connectivity index (χ3v) is 4.61. The van der Waals surface area contributed by atoms with Crippen molar-refractivity contribution in [2.45, 2.75) is 52.1 Å². The molecule has 1 aliphatic rings. The molecule has 2 nitrogen and oxygen atoms in total. The topological polar surface area (TPSA) is 29.3 Å². The Kier molecular flexibility index (Phi) is 5.00. The summed E-state index contributed by atoms with van der Waals surface area (Å²) in [6, 6.07) is 10.3. The van der Waals surface area contributed by atoms with Gasteiger partial charge in [-0.05, 0) is 51.1 Å². The summed E-state index contributed by atoms with van der Waals surface area (Å²) < 4.78 is 0. The molecule has 1 fully saturated rings. The van der Waals surface area contributed by atoms with Crippen molar-refractivity contribution in [3.63, 3.8) is 0 Å². The number of nitrogens with zero attached hydrogens (tertiary/aromatic N) is 1. The van der Waals surface area contributed by atoms with Gasteiger partial charge in [0, 0.05) is 18.6 Å². The zero-order valence-electron chi connectivity index (χ0n) is 12.6. The summed E-state index contributed by atoms with van der Waals surface area (Å²) in [6.07, 6.45) is 3.74. The molecule has 106 valence electrons. The van der Waals surface area contributed by atoms with Crippen molar-refractivity contribution in [3.05, 3.63) is 35.4 Å². The Morgan fingerprint density at radius 3 is 2.53 bits per heavy atom. The van der Waals surface area contributed by atoms with Crippen molar-refractivity contribution in [3.8, 4) is 0 Å². The second-order valence-electron chi connectivity index (χ2n) is 6.06. The maximum atomic E-state index is 5.88. The van der Waals surface area contributed by atoms with Crippen LogP contribution in [0.25, 0.3) is 0 Å². The second-order valence-corrected chi connectivity index (χ2v) is 6.06. The van der Waals surface area contributed by atoms with Crippen LogP contribution >= 0.6 is 0 Å². The van der Waals surface area contributed by atoms with E-state index in [9.17, 15) is 0 Å². The van der Waals surface area contributed by atoms with Crippen LogP contribution in [0.5, 0.6) is 0 Å². The fraction of sp³-hybridized carbons (Fsp3) is 0.647. The van der Waals surface area contributed by atoms with Gasteiger partial charge in [0.25, 0.3) is 0 Å². The van der Waals surface area contributed by atoms with E-state index >= 15 is 0 Å². The van der Waals surface area contributed by atoms with Gasteiger partial charge < -0.3 is 5.73 Å². The van der Waals surface area contributed by atoms with E-state index in [1.54, 1.807) is 0 Å². The Balaban J connectivity index is 2.17. The summed E-state index contributed by atoms with van der Waals surface area (Å²) in [5.74, 6) is 0.677. The highest BCUT2D eigenvalue weighted by molar-refractivity contribution is 5.24. The molecular weight excluding hydrogens is 232 g/mol. The summed E-state index contributed by atoms with van der Waals surface area (Å²) in [6.45, 7) is 8.79. The Morgan fingerprint density at radius 1 is 1.26 bits per heavy atom. The van der Waals surface area contributed by atoms with Crippen LogP contribution in [-0.2, 0) is 0 Å². The van der Waals surface area contributed by atoms with E-state index in [-0.39, 0.29) is 0 Å². The van der Waals surface area contributed by atoms with Crippen LogP contribution in [0.3, 0.4) is 0 Å². The number of nitrogens with two attached hydrogens (primary N) is 1. The molecule has 0 aromatic heterocycles. The van der Waals surface area contributed by atoms with Gasteiger partial charge in [0.1, 0.15) is 0 Å². The Morgan fingerprint density at radius 2 is 1.95 bits per heavy atom. The van der Waals surface area contributed by atoms with Crippen molar-refractivity contribution in [1.29, 1.82) is 0 Å². The summed E-state index contributed by atoms with van der Waals surface area (Å²) in [5, 5.41) is 0. The lowest BCUT2D eigenvalue weighted by molar-refractivity contribution is 0.0712. The van der Waals surface area contributed by atoms with Crippen LogP contribution in [0.1, 0.15) is 50.3 Å². The fourth-order valence-corrected chi connectivity index (χ4v) is 3.29. The first-order valence-corrected chi connectivity index (χ1v) is 7.68. The third-order valence-electron chi connectivity index (χ3n) is 4.61. The molecule has 0 aliphatic carbocycles. The molecule has 0 radical (unpaired) electrons. The van der Waals surface area contributed by atoms with Crippen molar-refractivity contribution in [2.75, 3.05) is 13.1 Å².